The summed E-state index contributed by atoms with van der Waals surface area (Å²) in [5, 5.41) is 6.08. The lowest BCUT2D eigenvalue weighted by Gasteiger charge is -2.22. The monoisotopic (exact) mass is 360 g/mol. The molecule has 0 atom stereocenters. The topological polar surface area (TPSA) is 83.9 Å². The number of nitrogens with zero attached hydrogens (tertiary/aromatic N) is 3. The second-order valence-corrected chi connectivity index (χ2v) is 6.08. The third-order valence-corrected chi connectivity index (χ3v) is 4.15. The minimum atomic E-state index is -0.630. The molecule has 132 valence electrons. The number of hydrazone groups is 1. The van der Waals surface area contributed by atoms with Gasteiger partial charge in [-0.05, 0) is 31.9 Å². The standard InChI is InChI=1S/C17H20N4O3S/c1-5-24-17(23)20-18-9-14-10-25-16(19-14)21(13(4)22)15-11(2)7-6-8-12(15)3/h6-10H,5H2,1-4H3,(H,20,23)/b18-9-. The van der Waals surface area contributed by atoms with E-state index < -0.39 is 6.09 Å². The number of benzene rings is 1. The largest absolute Gasteiger partial charge is 0.449 e. The highest BCUT2D eigenvalue weighted by Gasteiger charge is 2.21. The minimum Gasteiger partial charge on any atom is -0.449 e. The number of hydrogen-bond acceptors (Lipinski definition) is 6. The molecule has 8 heteroatoms. The highest BCUT2D eigenvalue weighted by molar-refractivity contribution is 7.14. The molecule has 0 radical (unpaired) electrons. The van der Waals surface area contributed by atoms with Crippen molar-refractivity contribution in [3.8, 4) is 0 Å². The van der Waals surface area contributed by atoms with Gasteiger partial charge >= 0.3 is 6.09 Å². The van der Waals surface area contributed by atoms with Crippen molar-refractivity contribution in [1.82, 2.24) is 10.4 Å². The predicted molar refractivity (Wildman–Crippen MR) is 98.6 cm³/mol. The molecular weight excluding hydrogens is 340 g/mol. The van der Waals surface area contributed by atoms with Gasteiger partial charge in [-0.2, -0.15) is 5.10 Å². The fourth-order valence-corrected chi connectivity index (χ4v) is 3.12. The van der Waals surface area contributed by atoms with Gasteiger partial charge in [-0.1, -0.05) is 18.2 Å². The van der Waals surface area contributed by atoms with E-state index in [1.54, 1.807) is 17.2 Å². The number of carbonyl (C=O) groups excluding carboxylic acids is 2. The van der Waals surface area contributed by atoms with E-state index in [4.69, 9.17) is 4.74 Å². The highest BCUT2D eigenvalue weighted by Crippen LogP contribution is 2.33. The molecule has 0 aliphatic carbocycles. The molecule has 0 unspecified atom stereocenters. The van der Waals surface area contributed by atoms with E-state index in [0.29, 0.717) is 10.8 Å². The van der Waals surface area contributed by atoms with Crippen molar-refractivity contribution in [2.45, 2.75) is 27.7 Å². The van der Waals surface area contributed by atoms with E-state index in [9.17, 15) is 9.59 Å². The van der Waals surface area contributed by atoms with Crippen LogP contribution in [0.15, 0.2) is 28.7 Å². The van der Waals surface area contributed by atoms with E-state index in [1.165, 1.54) is 24.5 Å². The van der Waals surface area contributed by atoms with E-state index in [1.807, 2.05) is 32.0 Å². The van der Waals surface area contributed by atoms with Crippen molar-refractivity contribution >= 4 is 40.4 Å². The summed E-state index contributed by atoms with van der Waals surface area (Å²) < 4.78 is 4.70. The maximum absolute atomic E-state index is 12.2. The molecule has 0 saturated heterocycles. The summed E-state index contributed by atoms with van der Waals surface area (Å²) in [6.45, 7) is 7.39. The number of rotatable bonds is 5. The number of anilines is 2. The maximum atomic E-state index is 12.2. The summed E-state index contributed by atoms with van der Waals surface area (Å²) in [6, 6.07) is 5.86. The zero-order valence-electron chi connectivity index (χ0n) is 14.6. The molecule has 1 N–H and O–H groups in total. The Morgan fingerprint density at radius 2 is 2.04 bits per heavy atom. The van der Waals surface area contributed by atoms with Gasteiger partial charge in [-0.25, -0.2) is 15.2 Å². The molecule has 7 nitrogen and oxygen atoms in total. The first-order chi connectivity index (χ1) is 11.9. The van der Waals surface area contributed by atoms with Crippen LogP contribution in [-0.2, 0) is 9.53 Å². The lowest BCUT2D eigenvalue weighted by atomic mass is 10.1. The molecule has 0 aliphatic rings. The molecule has 0 bridgehead atoms. The molecule has 0 aliphatic heterocycles. The Hall–Kier alpha value is -2.74. The molecular formula is C17H20N4O3S. The second kappa shape index (κ2) is 8.39. The van der Waals surface area contributed by atoms with Crippen LogP contribution < -0.4 is 10.3 Å². The number of aromatic nitrogens is 1. The number of hydrogen-bond donors (Lipinski definition) is 1. The van der Waals surface area contributed by atoms with Crippen LogP contribution in [0.2, 0.25) is 0 Å². The molecule has 2 amide bonds. The van der Waals surface area contributed by atoms with Crippen molar-refractivity contribution < 1.29 is 14.3 Å². The molecule has 2 aromatic rings. The minimum absolute atomic E-state index is 0.125. The van der Waals surface area contributed by atoms with Gasteiger partial charge in [-0.15, -0.1) is 11.3 Å². The Kier molecular flexibility index (Phi) is 6.24. The number of ether oxygens (including phenoxy) is 1. The van der Waals surface area contributed by atoms with Crippen LogP contribution in [0, 0.1) is 13.8 Å². The van der Waals surface area contributed by atoms with Crippen LogP contribution in [0.1, 0.15) is 30.7 Å². The van der Waals surface area contributed by atoms with Gasteiger partial charge in [0.25, 0.3) is 0 Å². The van der Waals surface area contributed by atoms with Crippen LogP contribution in [0.3, 0.4) is 0 Å². The average Bonchev–Trinajstić information content (AvgIpc) is 2.99. The molecule has 1 aromatic carbocycles. The molecule has 1 aromatic heterocycles. The Morgan fingerprint density at radius 1 is 1.36 bits per heavy atom. The molecule has 0 saturated carbocycles. The number of amides is 2. The first-order valence-corrected chi connectivity index (χ1v) is 8.60. The SMILES string of the molecule is CCOC(=O)N/N=C\c1csc(N(C(C)=O)c2c(C)cccc2C)n1. The van der Waals surface area contributed by atoms with Crippen LogP contribution in [0.25, 0.3) is 0 Å². The summed E-state index contributed by atoms with van der Waals surface area (Å²) in [5.74, 6) is -0.125. The number of nitrogens with one attached hydrogen (secondary N) is 1. The summed E-state index contributed by atoms with van der Waals surface area (Å²) in [7, 11) is 0. The van der Waals surface area contributed by atoms with Gasteiger partial charge in [0.05, 0.1) is 24.2 Å². The van der Waals surface area contributed by atoms with Crippen molar-refractivity contribution in [2.24, 2.45) is 5.10 Å². The van der Waals surface area contributed by atoms with E-state index >= 15 is 0 Å². The first kappa shape index (κ1) is 18.6. The Morgan fingerprint density at radius 3 is 2.64 bits per heavy atom. The van der Waals surface area contributed by atoms with Gasteiger partial charge in [0.1, 0.15) is 0 Å². The van der Waals surface area contributed by atoms with Gasteiger partial charge in [-0.3, -0.25) is 9.69 Å². The second-order valence-electron chi connectivity index (χ2n) is 5.24. The molecule has 0 fully saturated rings. The quantitative estimate of drug-likeness (QED) is 0.653. The fraction of sp³-hybridized carbons (Fsp3) is 0.294. The summed E-state index contributed by atoms with van der Waals surface area (Å²) in [6.07, 6.45) is 0.773. The summed E-state index contributed by atoms with van der Waals surface area (Å²) in [5.41, 5.74) is 5.58. The van der Waals surface area contributed by atoms with E-state index in [-0.39, 0.29) is 12.5 Å². The van der Waals surface area contributed by atoms with Gasteiger partial charge in [0, 0.05) is 12.3 Å². The fourth-order valence-electron chi connectivity index (χ4n) is 2.30. The smallest absolute Gasteiger partial charge is 0.427 e. The molecule has 25 heavy (non-hydrogen) atoms. The number of carbonyl (C=O) groups is 2. The summed E-state index contributed by atoms with van der Waals surface area (Å²) >= 11 is 1.33. The molecule has 1 heterocycles. The Balaban J connectivity index is 2.24. The normalized spacial score (nSPS) is 10.7. The number of para-hydroxylation sites is 1. The van der Waals surface area contributed by atoms with Crippen LogP contribution in [0.5, 0.6) is 0 Å². The maximum Gasteiger partial charge on any atom is 0.427 e. The van der Waals surface area contributed by atoms with Gasteiger partial charge < -0.3 is 4.74 Å². The first-order valence-electron chi connectivity index (χ1n) is 7.72. The Labute approximate surface area is 150 Å². The van der Waals surface area contributed by atoms with Crippen LogP contribution in [0.4, 0.5) is 15.6 Å². The highest BCUT2D eigenvalue weighted by atomic mass is 32.1. The van der Waals surface area contributed by atoms with Gasteiger partial charge in [0.15, 0.2) is 5.13 Å². The van der Waals surface area contributed by atoms with Crippen molar-refractivity contribution in [3.63, 3.8) is 0 Å². The lowest BCUT2D eigenvalue weighted by Crippen LogP contribution is -2.24. The van der Waals surface area contributed by atoms with Crippen molar-refractivity contribution in [1.29, 1.82) is 0 Å². The lowest BCUT2D eigenvalue weighted by molar-refractivity contribution is -0.115. The van der Waals surface area contributed by atoms with E-state index in [2.05, 4.69) is 15.5 Å². The zero-order chi connectivity index (χ0) is 18.4. The molecule has 0 spiro atoms. The third-order valence-electron chi connectivity index (χ3n) is 3.31. The number of aryl methyl sites for hydroxylation is 2. The predicted octanol–water partition coefficient (Wildman–Crippen LogP) is 3.52. The van der Waals surface area contributed by atoms with Crippen LogP contribution >= 0.6 is 11.3 Å². The Bertz CT molecular complexity index is 781. The van der Waals surface area contributed by atoms with Crippen molar-refractivity contribution in [3.05, 3.63) is 40.4 Å². The zero-order valence-corrected chi connectivity index (χ0v) is 15.4. The third kappa shape index (κ3) is 4.63. The van der Waals surface area contributed by atoms with Gasteiger partial charge in [0.2, 0.25) is 5.91 Å². The van der Waals surface area contributed by atoms with E-state index in [0.717, 1.165) is 16.8 Å². The average molecular weight is 360 g/mol. The number of thiazole rings is 1. The summed E-state index contributed by atoms with van der Waals surface area (Å²) in [4.78, 5) is 29.4. The molecule has 2 rings (SSSR count). The van der Waals surface area contributed by atoms with Crippen molar-refractivity contribution in [2.75, 3.05) is 11.5 Å². The van der Waals surface area contributed by atoms with Crippen LogP contribution in [-0.4, -0.2) is 29.8 Å².